The van der Waals surface area contributed by atoms with Crippen molar-refractivity contribution in [3.05, 3.63) is 216 Å². The molecule has 0 aromatic heterocycles. The van der Waals surface area contributed by atoms with Crippen LogP contribution in [0, 0.1) is 0 Å². The van der Waals surface area contributed by atoms with Gasteiger partial charge in [0.15, 0.2) is 0 Å². The minimum absolute atomic E-state index is 0. The predicted octanol–water partition coefficient (Wildman–Crippen LogP) is 21.4. The van der Waals surface area contributed by atoms with Gasteiger partial charge in [-0.2, -0.15) is 0 Å². The van der Waals surface area contributed by atoms with Crippen molar-refractivity contribution < 1.29 is 19.1 Å². The van der Waals surface area contributed by atoms with E-state index in [1.165, 1.54) is 96.1 Å². The Morgan fingerprint density at radius 1 is 0.295 bits per heavy atom. The maximum atomic E-state index is 8.06. The van der Waals surface area contributed by atoms with Crippen LogP contribution >= 0.6 is 0 Å². The molecule has 78 heavy (non-hydrogen) atoms. The summed E-state index contributed by atoms with van der Waals surface area (Å²) < 4.78 is 12.1. The first kappa shape index (κ1) is 83.2. The molecule has 0 aliphatic heterocycles. The molecular formula is C72H105O4Si2. The minimum Gasteiger partial charge on any atom is -0.422 e. The highest BCUT2D eigenvalue weighted by molar-refractivity contribution is 5.97. The maximum Gasteiger partial charge on any atom is 0.381 e. The van der Waals surface area contributed by atoms with Gasteiger partial charge in [-0.3, -0.25) is 0 Å². The van der Waals surface area contributed by atoms with Crippen molar-refractivity contribution >= 4 is 20.6 Å². The fourth-order valence-corrected chi connectivity index (χ4v) is 8.78. The van der Waals surface area contributed by atoms with E-state index in [1.54, 1.807) is 10.1 Å². The van der Waals surface area contributed by atoms with E-state index < -0.39 is 0 Å². The molecule has 0 fully saturated rings. The first-order chi connectivity index (χ1) is 35.7. The Kier molecular flexibility index (Phi) is 48.9. The largest absolute Gasteiger partial charge is 0.422 e. The second-order valence-electron chi connectivity index (χ2n) is 16.0. The molecule has 2 N–H and O–H groups in total. The molecule has 2 aliphatic rings. The summed E-state index contributed by atoms with van der Waals surface area (Å²) in [7, 11) is 7.94. The molecule has 0 saturated heterocycles. The fraction of sp³-hybridized carbons (Fsp3) is 0.333. The Labute approximate surface area is 486 Å². The van der Waals surface area contributed by atoms with E-state index in [9.17, 15) is 0 Å². The summed E-state index contributed by atoms with van der Waals surface area (Å²) in [4.78, 5) is 0. The van der Waals surface area contributed by atoms with Crippen LogP contribution in [0.2, 0.25) is 0 Å². The standard InChI is InChI=1S/2C27H22.5C2H6.CH3OSi.2CH4O.5CH4.OSi/c2*1-27(2)25-15-13-21(19-9-5-3-6-10-19)17-23(25)24-18-22(14-16-26(24)27)20-11-7-4-8-12-20;5*1-2;1-2-3;2*1-2;;;;;;1-2/h2*3-18H,1-2H3;5*1-2H3;1H3;2*2H,1H3;5*1H4;. The highest BCUT2D eigenvalue weighted by Crippen LogP contribution is 2.52. The highest BCUT2D eigenvalue weighted by Gasteiger charge is 2.37. The number of benzene rings is 8. The number of aliphatic hydroxyl groups is 2. The van der Waals surface area contributed by atoms with Gasteiger partial charge in [0.25, 0.3) is 0 Å². The second kappa shape index (κ2) is 45.8. The number of aliphatic hydroxyl groups excluding tert-OH is 2. The van der Waals surface area contributed by atoms with Crippen LogP contribution in [0.4, 0.5) is 0 Å². The molecule has 6 heteroatoms. The van der Waals surface area contributed by atoms with Gasteiger partial charge in [-0.1, -0.05) is 304 Å². The number of rotatable bonds is 4. The van der Waals surface area contributed by atoms with Crippen LogP contribution in [0.15, 0.2) is 194 Å². The zero-order valence-electron chi connectivity index (χ0n) is 47.2. The Morgan fingerprint density at radius 2 is 0.436 bits per heavy atom. The van der Waals surface area contributed by atoms with Gasteiger partial charge in [0.2, 0.25) is 10.5 Å². The lowest BCUT2D eigenvalue weighted by Crippen LogP contribution is -2.14. The van der Waals surface area contributed by atoms with Crippen LogP contribution in [-0.2, 0) is 19.7 Å². The summed E-state index contributed by atoms with van der Waals surface area (Å²) in [5.41, 5.74) is 21.4. The van der Waals surface area contributed by atoms with Crippen LogP contribution in [0.1, 0.15) is 156 Å². The summed E-state index contributed by atoms with van der Waals surface area (Å²) in [6, 6.07) is 70.4. The Balaban J connectivity index is -0.000000243. The first-order valence-corrected chi connectivity index (χ1v) is 26.6. The van der Waals surface area contributed by atoms with Crippen molar-refractivity contribution in [2.24, 2.45) is 0 Å². The molecule has 10 rings (SSSR count). The van der Waals surface area contributed by atoms with Crippen LogP contribution in [-0.4, -0.2) is 52.2 Å². The molecule has 0 heterocycles. The summed E-state index contributed by atoms with van der Waals surface area (Å²) in [6.07, 6.45) is 0. The van der Waals surface area contributed by atoms with Crippen LogP contribution in [0.5, 0.6) is 0 Å². The van der Waals surface area contributed by atoms with E-state index in [4.69, 9.17) is 14.7 Å². The number of hydrogen-bond acceptors (Lipinski definition) is 4. The van der Waals surface area contributed by atoms with Crippen molar-refractivity contribution in [1.29, 1.82) is 0 Å². The van der Waals surface area contributed by atoms with Crippen LogP contribution in [0.25, 0.3) is 66.8 Å². The third-order valence-corrected chi connectivity index (χ3v) is 11.8. The lowest BCUT2D eigenvalue weighted by molar-refractivity contribution is 0.399. The van der Waals surface area contributed by atoms with Crippen LogP contribution in [0.3, 0.4) is 0 Å². The van der Waals surface area contributed by atoms with Gasteiger partial charge in [0.05, 0.1) is 0 Å². The van der Waals surface area contributed by atoms with Gasteiger partial charge in [-0.15, -0.1) is 0 Å². The topological polar surface area (TPSA) is 66.8 Å². The highest BCUT2D eigenvalue weighted by atomic mass is 28.2. The third kappa shape index (κ3) is 20.9. The predicted molar refractivity (Wildman–Crippen MR) is 356 cm³/mol. The van der Waals surface area contributed by atoms with E-state index in [-0.39, 0.29) is 48.0 Å². The number of hydrogen-bond donors (Lipinski definition) is 2. The van der Waals surface area contributed by atoms with Gasteiger partial charge in [0.1, 0.15) is 0 Å². The van der Waals surface area contributed by atoms with Crippen molar-refractivity contribution in [3.8, 4) is 66.8 Å². The molecule has 0 saturated carbocycles. The Bertz CT molecular complexity index is 2310. The fourth-order valence-electron chi connectivity index (χ4n) is 8.78. The maximum absolute atomic E-state index is 8.06. The van der Waals surface area contributed by atoms with Crippen molar-refractivity contribution in [2.75, 3.05) is 21.3 Å². The van der Waals surface area contributed by atoms with Crippen molar-refractivity contribution in [2.45, 2.75) is 145 Å². The smallest absolute Gasteiger partial charge is 0.381 e. The van der Waals surface area contributed by atoms with Gasteiger partial charge >= 0.3 is 10.1 Å². The molecule has 2 aliphatic carbocycles. The molecule has 0 unspecified atom stereocenters. The molecule has 0 bridgehead atoms. The summed E-state index contributed by atoms with van der Waals surface area (Å²) >= 11 is 0. The molecular weight excluding hydrogens is 985 g/mol. The average molecular weight is 1090 g/mol. The molecule has 8 aromatic rings. The van der Waals surface area contributed by atoms with E-state index in [1.807, 2.05) is 69.2 Å². The Morgan fingerprint density at radius 3 is 0.577 bits per heavy atom. The normalized spacial score (nSPS) is 10.4. The van der Waals surface area contributed by atoms with E-state index in [0.717, 1.165) is 14.2 Å². The molecule has 8 aromatic carbocycles. The summed E-state index contributed by atoms with van der Waals surface area (Å²) in [5.74, 6) is 0. The minimum atomic E-state index is 0. The SMILES string of the molecule is C.C.C.C.C.CC.CC.CC.CC.CC.CC1(C)c2ccc(-c3ccccc3)cc2-c2cc(-c3ccccc3)ccc21.CC1(C)c2ccc(-c3ccccc3)cc2-c2cc(-c3ccccc3)ccc21.CO.CO.CO[Si].O=[Si]. The quantitative estimate of drug-likeness (QED) is 0.172. The molecule has 5 radical (unpaired) electrons. The van der Waals surface area contributed by atoms with E-state index >= 15 is 0 Å². The number of fused-ring (bicyclic) bond motifs is 6. The van der Waals surface area contributed by atoms with E-state index in [2.05, 4.69) is 237 Å². The van der Waals surface area contributed by atoms with Gasteiger partial charge < -0.3 is 19.1 Å². The lowest BCUT2D eigenvalue weighted by Gasteiger charge is -2.21. The average Bonchev–Trinajstić information content (AvgIpc) is 3.86. The molecule has 0 spiro atoms. The first-order valence-electron chi connectivity index (χ1n) is 25.8. The second-order valence-corrected chi connectivity index (χ2v) is 16.4. The van der Waals surface area contributed by atoms with Gasteiger partial charge in [-0.05, 0) is 113 Å². The molecule has 425 valence electrons. The lowest BCUT2D eigenvalue weighted by atomic mass is 9.82. The molecule has 0 amide bonds. The third-order valence-electron chi connectivity index (χ3n) is 11.8. The molecule has 0 atom stereocenters. The van der Waals surface area contributed by atoms with Gasteiger partial charge in [-0.25, -0.2) is 0 Å². The van der Waals surface area contributed by atoms with Crippen molar-refractivity contribution in [3.63, 3.8) is 0 Å². The van der Waals surface area contributed by atoms with Crippen molar-refractivity contribution in [1.82, 2.24) is 0 Å². The Hall–Kier alpha value is -6.13. The van der Waals surface area contributed by atoms with Gasteiger partial charge in [0, 0.05) is 32.2 Å². The monoisotopic (exact) mass is 1090 g/mol. The molecule has 4 nitrogen and oxygen atoms in total. The summed E-state index contributed by atoms with van der Waals surface area (Å²) in [5, 5.41) is 14.0. The van der Waals surface area contributed by atoms with E-state index in [0.29, 0.717) is 0 Å². The summed E-state index contributed by atoms with van der Waals surface area (Å²) in [6.45, 7) is 29.3. The zero-order valence-corrected chi connectivity index (χ0v) is 49.2. The zero-order chi connectivity index (χ0) is 55.6. The van der Waals surface area contributed by atoms with Crippen LogP contribution < -0.4 is 0 Å².